The van der Waals surface area contributed by atoms with Crippen LogP contribution in [0, 0.1) is 0 Å². The Morgan fingerprint density at radius 2 is 1.36 bits per heavy atom. The highest BCUT2D eigenvalue weighted by Gasteiger charge is 2.28. The third-order valence-corrected chi connectivity index (χ3v) is 5.41. The summed E-state index contributed by atoms with van der Waals surface area (Å²) < 4.78 is 29.7. The summed E-state index contributed by atoms with van der Waals surface area (Å²) in [6.07, 6.45) is 0. The van der Waals surface area contributed by atoms with Crippen molar-refractivity contribution >= 4 is 11.8 Å². The summed E-state index contributed by atoms with van der Waals surface area (Å²) in [6, 6.07) is 18.3. The normalized spacial score (nSPS) is 13.8. The number of pyridine rings is 1. The molecule has 0 radical (unpaired) electrons. The van der Waals surface area contributed by atoms with Gasteiger partial charge in [-0.1, -0.05) is 42.5 Å². The van der Waals surface area contributed by atoms with Gasteiger partial charge in [0.1, 0.15) is 11.3 Å². The van der Waals surface area contributed by atoms with Crippen molar-refractivity contribution in [1.82, 2.24) is 14.8 Å². The average Bonchev–Trinajstić information content (AvgIpc) is 2.84. The van der Waals surface area contributed by atoms with E-state index < -0.39 is 24.0 Å². The van der Waals surface area contributed by atoms with Gasteiger partial charge in [0.2, 0.25) is 0 Å². The molecule has 33 heavy (non-hydrogen) atoms. The van der Waals surface area contributed by atoms with E-state index in [1.807, 2.05) is 30.3 Å². The number of hydrogen-bond donors (Lipinski definition) is 1. The number of halogens is 2. The molecule has 7 nitrogen and oxygen atoms in total. The van der Waals surface area contributed by atoms with Gasteiger partial charge in [0.15, 0.2) is 0 Å². The molecule has 1 saturated heterocycles. The minimum absolute atomic E-state index is 0.0186. The van der Waals surface area contributed by atoms with Crippen molar-refractivity contribution in [2.24, 2.45) is 0 Å². The highest BCUT2D eigenvalue weighted by atomic mass is 19.3. The Balaban J connectivity index is 1.43. The summed E-state index contributed by atoms with van der Waals surface area (Å²) in [6.45, 7) is -2.22. The fourth-order valence-electron chi connectivity index (χ4n) is 3.72. The van der Waals surface area contributed by atoms with E-state index in [0.717, 1.165) is 5.56 Å². The zero-order valence-electron chi connectivity index (χ0n) is 17.5. The van der Waals surface area contributed by atoms with E-state index >= 15 is 0 Å². The highest BCUT2D eigenvalue weighted by molar-refractivity contribution is 5.97. The van der Waals surface area contributed by atoms with Crippen LogP contribution in [0.1, 0.15) is 20.7 Å². The lowest BCUT2D eigenvalue weighted by molar-refractivity contribution is -0.0503. The zero-order chi connectivity index (χ0) is 23.4. The number of aromatic amines is 1. The van der Waals surface area contributed by atoms with E-state index in [-0.39, 0.29) is 43.1 Å². The molecule has 1 N–H and O–H groups in total. The van der Waals surface area contributed by atoms with Gasteiger partial charge in [-0.05, 0) is 29.8 Å². The Morgan fingerprint density at radius 3 is 1.97 bits per heavy atom. The van der Waals surface area contributed by atoms with Gasteiger partial charge in [0.25, 0.3) is 17.4 Å². The summed E-state index contributed by atoms with van der Waals surface area (Å²) >= 11 is 0. The van der Waals surface area contributed by atoms with Crippen LogP contribution < -0.4 is 10.3 Å². The minimum atomic E-state index is -3.04. The molecule has 2 heterocycles. The molecule has 0 saturated carbocycles. The molecule has 1 aromatic heterocycles. The molecule has 2 amide bonds. The molecule has 170 valence electrons. The Kier molecular flexibility index (Phi) is 6.48. The zero-order valence-corrected chi connectivity index (χ0v) is 17.5. The van der Waals surface area contributed by atoms with Crippen LogP contribution in [0.5, 0.6) is 5.75 Å². The van der Waals surface area contributed by atoms with Crippen LogP contribution in [-0.4, -0.2) is 59.4 Å². The summed E-state index contributed by atoms with van der Waals surface area (Å²) in [4.78, 5) is 44.0. The molecule has 1 fully saturated rings. The number of nitrogens with zero attached hydrogens (tertiary/aromatic N) is 2. The maximum absolute atomic E-state index is 12.9. The van der Waals surface area contributed by atoms with Crippen LogP contribution in [0.4, 0.5) is 8.78 Å². The van der Waals surface area contributed by atoms with Gasteiger partial charge in [-0.3, -0.25) is 14.4 Å². The molecule has 1 aliphatic heterocycles. The van der Waals surface area contributed by atoms with Crippen LogP contribution in [-0.2, 0) is 0 Å². The number of carbonyl (C=O) groups is 2. The Hall–Kier alpha value is -4.01. The second-order valence-corrected chi connectivity index (χ2v) is 7.44. The van der Waals surface area contributed by atoms with Crippen molar-refractivity contribution in [3.63, 3.8) is 0 Å². The summed E-state index contributed by atoms with van der Waals surface area (Å²) in [5.41, 5.74) is 1.00. The second kappa shape index (κ2) is 9.64. The topological polar surface area (TPSA) is 82.7 Å². The molecule has 0 bridgehead atoms. The number of ether oxygens (including phenoxy) is 1. The van der Waals surface area contributed by atoms with Gasteiger partial charge in [-0.25, -0.2) is 0 Å². The Labute approximate surface area is 188 Å². The van der Waals surface area contributed by atoms with Crippen LogP contribution in [0.2, 0.25) is 0 Å². The van der Waals surface area contributed by atoms with Crippen molar-refractivity contribution < 1.29 is 23.1 Å². The minimum Gasteiger partial charge on any atom is -0.434 e. The number of carbonyl (C=O) groups excluding carboxylic acids is 2. The lowest BCUT2D eigenvalue weighted by Crippen LogP contribution is -2.51. The van der Waals surface area contributed by atoms with Crippen molar-refractivity contribution in [2.75, 3.05) is 26.2 Å². The van der Waals surface area contributed by atoms with Gasteiger partial charge in [-0.15, -0.1) is 0 Å². The van der Waals surface area contributed by atoms with Gasteiger partial charge < -0.3 is 19.5 Å². The quantitative estimate of drug-likeness (QED) is 0.643. The lowest BCUT2D eigenvalue weighted by atomic mass is 10.1. The van der Waals surface area contributed by atoms with Crippen molar-refractivity contribution in [3.05, 3.63) is 88.2 Å². The molecular weight excluding hydrogens is 432 g/mol. The first-order chi connectivity index (χ1) is 15.9. The number of H-pyrrole nitrogens is 1. The monoisotopic (exact) mass is 453 g/mol. The molecule has 9 heteroatoms. The number of amides is 2. The van der Waals surface area contributed by atoms with Crippen LogP contribution in [0.3, 0.4) is 0 Å². The van der Waals surface area contributed by atoms with Crippen molar-refractivity contribution in [3.8, 4) is 17.0 Å². The predicted octanol–water partition coefficient (Wildman–Crippen LogP) is 3.24. The predicted molar refractivity (Wildman–Crippen MR) is 117 cm³/mol. The number of aromatic nitrogens is 1. The van der Waals surface area contributed by atoms with E-state index in [9.17, 15) is 23.2 Å². The first kappa shape index (κ1) is 22.2. The van der Waals surface area contributed by atoms with Crippen molar-refractivity contribution in [1.29, 1.82) is 0 Å². The summed E-state index contributed by atoms with van der Waals surface area (Å²) in [7, 11) is 0. The molecule has 0 atom stereocenters. The molecule has 1 aliphatic rings. The highest BCUT2D eigenvalue weighted by Crippen LogP contribution is 2.23. The number of rotatable bonds is 5. The third-order valence-electron chi connectivity index (χ3n) is 5.41. The van der Waals surface area contributed by atoms with Crippen LogP contribution in [0.25, 0.3) is 11.3 Å². The summed E-state index contributed by atoms with van der Waals surface area (Å²) in [5, 5.41) is 0. The van der Waals surface area contributed by atoms with E-state index in [1.54, 1.807) is 12.1 Å². The number of alkyl halides is 2. The Morgan fingerprint density at radius 1 is 0.788 bits per heavy atom. The Bertz CT molecular complexity index is 1210. The molecular formula is C24H21F2N3O4. The van der Waals surface area contributed by atoms with Crippen LogP contribution >= 0.6 is 0 Å². The van der Waals surface area contributed by atoms with Gasteiger partial charge >= 0.3 is 6.61 Å². The number of hydrogen-bond acceptors (Lipinski definition) is 4. The van der Waals surface area contributed by atoms with Gasteiger partial charge in [-0.2, -0.15) is 8.78 Å². The number of para-hydroxylation sites is 1. The van der Waals surface area contributed by atoms with E-state index in [2.05, 4.69) is 9.72 Å². The number of nitrogens with one attached hydrogen (secondary N) is 1. The second-order valence-electron chi connectivity index (χ2n) is 7.44. The molecule has 0 aliphatic carbocycles. The maximum Gasteiger partial charge on any atom is 0.387 e. The fourth-order valence-corrected chi connectivity index (χ4v) is 3.72. The van der Waals surface area contributed by atoms with Crippen LogP contribution in [0.15, 0.2) is 71.5 Å². The molecule has 3 aromatic rings. The number of piperazine rings is 1. The van der Waals surface area contributed by atoms with E-state index in [0.29, 0.717) is 5.69 Å². The molecule has 2 aromatic carbocycles. The fraction of sp³-hybridized carbons (Fsp3) is 0.208. The largest absolute Gasteiger partial charge is 0.434 e. The SMILES string of the molecule is O=C(c1ccccc1OC(F)F)N1CCN(C(=O)c2ccc(-c3ccccc3)[nH]c2=O)CC1. The van der Waals surface area contributed by atoms with E-state index in [4.69, 9.17) is 0 Å². The molecule has 0 unspecified atom stereocenters. The number of benzene rings is 2. The van der Waals surface area contributed by atoms with E-state index in [1.165, 1.54) is 34.1 Å². The van der Waals surface area contributed by atoms with Gasteiger partial charge in [0, 0.05) is 31.9 Å². The third kappa shape index (κ3) is 4.92. The molecule has 4 rings (SSSR count). The average molecular weight is 453 g/mol. The standard InChI is InChI=1S/C24H21F2N3O4/c25-24(26)33-20-9-5-4-8-17(20)22(31)28-12-14-29(15-13-28)23(32)18-10-11-19(27-21(18)30)16-6-2-1-3-7-16/h1-11,24H,12-15H2,(H,27,30). The lowest BCUT2D eigenvalue weighted by Gasteiger charge is -2.35. The molecule has 0 spiro atoms. The first-order valence-electron chi connectivity index (χ1n) is 10.3. The summed E-state index contributed by atoms with van der Waals surface area (Å²) in [5.74, 6) is -1.08. The van der Waals surface area contributed by atoms with Gasteiger partial charge in [0.05, 0.1) is 5.56 Å². The smallest absolute Gasteiger partial charge is 0.387 e. The maximum atomic E-state index is 12.9. The first-order valence-corrected chi connectivity index (χ1v) is 10.3. The van der Waals surface area contributed by atoms with Crippen molar-refractivity contribution in [2.45, 2.75) is 6.61 Å².